The van der Waals surface area contributed by atoms with E-state index >= 15 is 0 Å². The van der Waals surface area contributed by atoms with E-state index in [2.05, 4.69) is 5.32 Å². The van der Waals surface area contributed by atoms with Crippen molar-refractivity contribution in [1.29, 1.82) is 0 Å². The normalized spacial score (nSPS) is 20.6. The van der Waals surface area contributed by atoms with Gasteiger partial charge < -0.3 is 10.6 Å². The van der Waals surface area contributed by atoms with Gasteiger partial charge in [-0.15, -0.1) is 0 Å². The Morgan fingerprint density at radius 1 is 1.07 bits per heavy atom. The van der Waals surface area contributed by atoms with Crippen molar-refractivity contribution in [2.75, 3.05) is 0 Å². The molecular weight excluding hydrogens is 393 g/mol. The Kier molecular flexibility index (Phi) is 6.59. The molecule has 1 saturated heterocycles. The molecular formula is C23H23F3N2O2. The van der Waals surface area contributed by atoms with Crippen LogP contribution in [0.15, 0.2) is 60.7 Å². The Bertz CT molecular complexity index is 908. The molecule has 3 unspecified atom stereocenters. The maximum atomic E-state index is 12.9. The molecule has 3 rings (SSSR count). The first-order chi connectivity index (χ1) is 14.3. The fraction of sp³-hybridized carbons (Fsp3) is 0.304. The minimum atomic E-state index is -4.52. The number of alkyl halides is 3. The molecule has 0 aromatic heterocycles. The number of carbonyl (C=O) groups is 2. The zero-order valence-electron chi connectivity index (χ0n) is 16.4. The largest absolute Gasteiger partial charge is 0.408 e. The third-order valence-corrected chi connectivity index (χ3v) is 5.14. The van der Waals surface area contributed by atoms with E-state index in [9.17, 15) is 22.8 Å². The summed E-state index contributed by atoms with van der Waals surface area (Å²) in [5.74, 6) is -2.63. The lowest BCUT2D eigenvalue weighted by atomic mass is 9.91. The molecule has 0 bridgehead atoms. The summed E-state index contributed by atoms with van der Waals surface area (Å²) in [6.45, 7) is 1.92. The van der Waals surface area contributed by atoms with Gasteiger partial charge >= 0.3 is 6.18 Å². The van der Waals surface area contributed by atoms with Gasteiger partial charge in [-0.1, -0.05) is 66.7 Å². The van der Waals surface area contributed by atoms with Crippen LogP contribution < -0.4 is 10.6 Å². The van der Waals surface area contributed by atoms with Crippen LogP contribution in [0.3, 0.4) is 0 Å². The topological polar surface area (TPSA) is 58.2 Å². The molecule has 2 aromatic carbocycles. The number of carbonyl (C=O) groups excluding carboxylic acids is 2. The minimum Gasteiger partial charge on any atom is -0.344 e. The zero-order valence-corrected chi connectivity index (χ0v) is 16.4. The average molecular weight is 416 g/mol. The monoisotopic (exact) mass is 416 g/mol. The molecule has 30 heavy (non-hydrogen) atoms. The van der Waals surface area contributed by atoms with E-state index < -0.39 is 36.0 Å². The van der Waals surface area contributed by atoms with Crippen molar-refractivity contribution in [3.63, 3.8) is 0 Å². The number of allylic oxidation sites excluding steroid dienone is 1. The predicted molar refractivity (Wildman–Crippen MR) is 108 cm³/mol. The van der Waals surface area contributed by atoms with E-state index in [-0.39, 0.29) is 12.8 Å². The number of rotatable bonds is 5. The number of hydrogen-bond donors (Lipinski definition) is 2. The van der Waals surface area contributed by atoms with Crippen molar-refractivity contribution in [1.82, 2.24) is 10.6 Å². The smallest absolute Gasteiger partial charge is 0.344 e. The number of piperidine rings is 1. The molecule has 1 fully saturated rings. The van der Waals surface area contributed by atoms with Crippen molar-refractivity contribution in [3.8, 4) is 0 Å². The number of halogens is 3. The standard InChI is InChI=1S/C23H23F3N2O2/c1-2-6-15-9-11-17(12-10-15)20(16-7-4-3-5-8-16)28-22(30)18-13-14-19(23(24,25)26)27-21(18)29/h2-12,18-20H,13-14H2,1H3,(H,27,29)(H,28,30)/b6-2+. The van der Waals surface area contributed by atoms with Crippen molar-refractivity contribution in [3.05, 3.63) is 77.4 Å². The molecule has 3 atom stereocenters. The molecule has 0 spiro atoms. The summed E-state index contributed by atoms with van der Waals surface area (Å²) in [5, 5.41) is 4.78. The lowest BCUT2D eigenvalue weighted by molar-refractivity contribution is -0.171. The zero-order chi connectivity index (χ0) is 21.7. The lowest BCUT2D eigenvalue weighted by Crippen LogP contribution is -2.54. The van der Waals surface area contributed by atoms with Gasteiger partial charge in [0.15, 0.2) is 0 Å². The molecule has 1 heterocycles. The van der Waals surface area contributed by atoms with Crippen molar-refractivity contribution in [2.45, 2.75) is 38.0 Å². The highest BCUT2D eigenvalue weighted by Gasteiger charge is 2.46. The molecule has 2 N–H and O–H groups in total. The summed E-state index contributed by atoms with van der Waals surface area (Å²) in [6, 6.07) is 14.4. The first kappa shape index (κ1) is 21.6. The number of hydrogen-bond acceptors (Lipinski definition) is 2. The molecule has 0 saturated carbocycles. The van der Waals surface area contributed by atoms with Crippen LogP contribution in [0.25, 0.3) is 6.08 Å². The van der Waals surface area contributed by atoms with Gasteiger partial charge in [0.25, 0.3) is 0 Å². The second-order valence-electron chi connectivity index (χ2n) is 7.25. The van der Waals surface area contributed by atoms with Gasteiger partial charge in [-0.25, -0.2) is 0 Å². The third-order valence-electron chi connectivity index (χ3n) is 5.14. The molecule has 1 aliphatic heterocycles. The van der Waals surface area contributed by atoms with Gasteiger partial charge in [-0.05, 0) is 36.5 Å². The highest BCUT2D eigenvalue weighted by molar-refractivity contribution is 6.01. The van der Waals surface area contributed by atoms with Gasteiger partial charge in [-0.3, -0.25) is 9.59 Å². The molecule has 0 aliphatic carbocycles. The van der Waals surface area contributed by atoms with Gasteiger partial charge in [-0.2, -0.15) is 13.2 Å². The van der Waals surface area contributed by atoms with Gasteiger partial charge in [0.05, 0.1) is 6.04 Å². The first-order valence-electron chi connectivity index (χ1n) is 9.74. The van der Waals surface area contributed by atoms with Crippen molar-refractivity contribution in [2.24, 2.45) is 5.92 Å². The summed E-state index contributed by atoms with van der Waals surface area (Å²) in [4.78, 5) is 25.0. The fourth-order valence-electron chi connectivity index (χ4n) is 3.54. The Hall–Kier alpha value is -3.09. The Morgan fingerprint density at radius 2 is 1.70 bits per heavy atom. The second kappa shape index (κ2) is 9.15. The summed E-state index contributed by atoms with van der Waals surface area (Å²) < 4.78 is 38.6. The molecule has 1 aliphatic rings. The number of nitrogens with one attached hydrogen (secondary N) is 2. The van der Waals surface area contributed by atoms with Crippen LogP contribution in [0.1, 0.15) is 42.5 Å². The van der Waals surface area contributed by atoms with Crippen LogP contribution >= 0.6 is 0 Å². The Morgan fingerprint density at radius 3 is 2.27 bits per heavy atom. The van der Waals surface area contributed by atoms with Crippen LogP contribution in [0.4, 0.5) is 13.2 Å². The van der Waals surface area contributed by atoms with E-state index in [4.69, 9.17) is 0 Å². The quantitative estimate of drug-likeness (QED) is 0.711. The summed E-state index contributed by atoms with van der Waals surface area (Å²) in [5.41, 5.74) is 2.63. The number of benzene rings is 2. The maximum absolute atomic E-state index is 12.9. The summed E-state index contributed by atoms with van der Waals surface area (Å²) in [7, 11) is 0. The highest BCUT2D eigenvalue weighted by Crippen LogP contribution is 2.29. The first-order valence-corrected chi connectivity index (χ1v) is 9.74. The lowest BCUT2D eigenvalue weighted by Gasteiger charge is -2.31. The van der Waals surface area contributed by atoms with Crippen molar-refractivity contribution >= 4 is 17.9 Å². The van der Waals surface area contributed by atoms with Crippen LogP contribution in [-0.2, 0) is 9.59 Å². The fourth-order valence-corrected chi connectivity index (χ4v) is 3.54. The minimum absolute atomic E-state index is 0.149. The van der Waals surface area contributed by atoms with E-state index in [0.29, 0.717) is 0 Å². The van der Waals surface area contributed by atoms with Crippen LogP contribution in [0.5, 0.6) is 0 Å². The molecule has 2 aromatic rings. The summed E-state index contributed by atoms with van der Waals surface area (Å²) >= 11 is 0. The van der Waals surface area contributed by atoms with Crippen LogP contribution in [-0.4, -0.2) is 24.0 Å². The molecule has 2 amide bonds. The Labute approximate surface area is 173 Å². The van der Waals surface area contributed by atoms with Crippen LogP contribution in [0.2, 0.25) is 0 Å². The molecule has 4 nitrogen and oxygen atoms in total. The van der Waals surface area contributed by atoms with Gasteiger partial charge in [0.2, 0.25) is 11.8 Å². The molecule has 158 valence electrons. The van der Waals surface area contributed by atoms with Gasteiger partial charge in [0.1, 0.15) is 12.0 Å². The van der Waals surface area contributed by atoms with E-state index in [0.717, 1.165) is 16.7 Å². The average Bonchev–Trinajstić information content (AvgIpc) is 2.72. The number of amides is 2. The molecule has 0 radical (unpaired) electrons. The van der Waals surface area contributed by atoms with E-state index in [1.807, 2.05) is 79.0 Å². The van der Waals surface area contributed by atoms with Gasteiger partial charge in [0, 0.05) is 0 Å². The molecule has 7 heteroatoms. The highest BCUT2D eigenvalue weighted by atomic mass is 19.4. The SMILES string of the molecule is C/C=C/c1ccc(C(NC(=O)C2CCC(C(F)(F)F)NC2=O)c2ccccc2)cc1. The van der Waals surface area contributed by atoms with Crippen LogP contribution in [0, 0.1) is 5.92 Å². The van der Waals surface area contributed by atoms with Crippen molar-refractivity contribution < 1.29 is 22.8 Å². The predicted octanol–water partition coefficient (Wildman–Crippen LogP) is 4.38. The maximum Gasteiger partial charge on any atom is 0.408 e. The third kappa shape index (κ3) is 5.09. The van der Waals surface area contributed by atoms with E-state index in [1.165, 1.54) is 0 Å². The second-order valence-corrected chi connectivity index (χ2v) is 7.25. The summed E-state index contributed by atoms with van der Waals surface area (Å²) in [6.07, 6.45) is -1.12. The van der Waals surface area contributed by atoms with E-state index in [1.54, 1.807) is 0 Å². The Balaban J connectivity index is 1.80.